The molecule has 0 saturated heterocycles. The zero-order valence-corrected chi connectivity index (χ0v) is 11.9. The number of halogens is 1. The van der Waals surface area contributed by atoms with E-state index in [0.717, 1.165) is 25.1 Å². The predicted molar refractivity (Wildman–Crippen MR) is 77.9 cm³/mol. The van der Waals surface area contributed by atoms with E-state index in [2.05, 4.69) is 11.0 Å². The minimum Gasteiger partial charge on any atom is -0.389 e. The highest BCUT2D eigenvalue weighted by atomic mass is 19.1. The van der Waals surface area contributed by atoms with Crippen molar-refractivity contribution in [1.29, 1.82) is 0 Å². The third-order valence-electron chi connectivity index (χ3n) is 3.47. The van der Waals surface area contributed by atoms with Gasteiger partial charge in [0.15, 0.2) is 0 Å². The standard InChI is InChI=1S/C16H22FNO2/c1-2-20-12-16(19)11-18-8-6-13(7-9-18)14-4-3-5-15(17)10-14/h3-6,10,16,19H,2,7-9,11-12H2,1H3/t16-/m0/s1. The number of benzene rings is 1. The van der Waals surface area contributed by atoms with Crippen molar-refractivity contribution in [2.75, 3.05) is 32.8 Å². The number of nitrogens with zero attached hydrogens (tertiary/aromatic N) is 1. The predicted octanol–water partition coefficient (Wildman–Crippen LogP) is 2.31. The third-order valence-corrected chi connectivity index (χ3v) is 3.47. The van der Waals surface area contributed by atoms with Gasteiger partial charge in [-0.1, -0.05) is 18.2 Å². The van der Waals surface area contributed by atoms with Gasteiger partial charge >= 0.3 is 0 Å². The minimum atomic E-state index is -0.445. The summed E-state index contributed by atoms with van der Waals surface area (Å²) >= 11 is 0. The smallest absolute Gasteiger partial charge is 0.123 e. The zero-order valence-electron chi connectivity index (χ0n) is 11.9. The van der Waals surface area contributed by atoms with Crippen LogP contribution in [0.5, 0.6) is 0 Å². The van der Waals surface area contributed by atoms with Gasteiger partial charge in [-0.2, -0.15) is 0 Å². The van der Waals surface area contributed by atoms with E-state index < -0.39 is 6.10 Å². The summed E-state index contributed by atoms with van der Waals surface area (Å²) in [7, 11) is 0. The van der Waals surface area contributed by atoms with Gasteiger partial charge < -0.3 is 9.84 Å². The van der Waals surface area contributed by atoms with Crippen LogP contribution in [0.4, 0.5) is 4.39 Å². The van der Waals surface area contributed by atoms with Gasteiger partial charge in [0, 0.05) is 26.2 Å². The summed E-state index contributed by atoms with van der Waals surface area (Å²) in [6, 6.07) is 6.72. The van der Waals surface area contributed by atoms with Gasteiger partial charge in [-0.3, -0.25) is 4.90 Å². The average molecular weight is 279 g/mol. The molecule has 4 heteroatoms. The number of aliphatic hydroxyl groups is 1. The second-order valence-electron chi connectivity index (χ2n) is 5.06. The Bertz CT molecular complexity index is 462. The molecule has 0 aromatic heterocycles. The van der Waals surface area contributed by atoms with Crippen molar-refractivity contribution in [1.82, 2.24) is 4.90 Å². The molecule has 1 aromatic rings. The van der Waals surface area contributed by atoms with E-state index in [0.29, 0.717) is 19.8 Å². The summed E-state index contributed by atoms with van der Waals surface area (Å²) < 4.78 is 18.4. The Kier molecular flexibility index (Phi) is 5.71. The number of β-amino-alcohol motifs (C(OH)–C–C–N with tert-alkyl or cyclic N) is 1. The molecule has 0 amide bonds. The highest BCUT2D eigenvalue weighted by Gasteiger charge is 2.16. The SMILES string of the molecule is CCOC[C@@H](O)CN1CC=C(c2cccc(F)c2)CC1. The van der Waals surface area contributed by atoms with Crippen molar-refractivity contribution in [3.8, 4) is 0 Å². The van der Waals surface area contributed by atoms with E-state index in [1.807, 2.05) is 13.0 Å². The second-order valence-corrected chi connectivity index (χ2v) is 5.06. The van der Waals surface area contributed by atoms with Gasteiger partial charge in [0.2, 0.25) is 0 Å². The molecule has 1 aromatic carbocycles. The molecule has 0 saturated carbocycles. The topological polar surface area (TPSA) is 32.7 Å². The summed E-state index contributed by atoms with van der Waals surface area (Å²) in [6.07, 6.45) is 2.55. The van der Waals surface area contributed by atoms with E-state index in [4.69, 9.17) is 4.74 Å². The van der Waals surface area contributed by atoms with Crippen molar-refractivity contribution in [3.63, 3.8) is 0 Å². The van der Waals surface area contributed by atoms with Crippen LogP contribution in [0.25, 0.3) is 5.57 Å². The normalized spacial score (nSPS) is 17.9. The first-order chi connectivity index (χ1) is 9.69. The highest BCUT2D eigenvalue weighted by molar-refractivity contribution is 5.66. The van der Waals surface area contributed by atoms with Crippen LogP contribution >= 0.6 is 0 Å². The van der Waals surface area contributed by atoms with Crippen molar-refractivity contribution >= 4 is 5.57 Å². The van der Waals surface area contributed by atoms with Crippen LogP contribution in [0.3, 0.4) is 0 Å². The minimum absolute atomic E-state index is 0.196. The summed E-state index contributed by atoms with van der Waals surface area (Å²) in [4.78, 5) is 2.19. The van der Waals surface area contributed by atoms with E-state index in [9.17, 15) is 9.50 Å². The van der Waals surface area contributed by atoms with Gasteiger partial charge in [-0.25, -0.2) is 4.39 Å². The van der Waals surface area contributed by atoms with Crippen LogP contribution in [-0.4, -0.2) is 49.0 Å². The molecule has 0 bridgehead atoms. The Morgan fingerprint density at radius 3 is 2.95 bits per heavy atom. The van der Waals surface area contributed by atoms with Gasteiger partial charge in [-0.15, -0.1) is 0 Å². The lowest BCUT2D eigenvalue weighted by atomic mass is 9.99. The first-order valence-corrected chi connectivity index (χ1v) is 7.12. The molecule has 0 spiro atoms. The number of rotatable bonds is 6. The maximum atomic E-state index is 13.2. The molecule has 1 N–H and O–H groups in total. The molecule has 1 atom stereocenters. The van der Waals surface area contributed by atoms with Crippen LogP contribution in [0.2, 0.25) is 0 Å². The molecule has 3 nitrogen and oxygen atoms in total. The molecule has 110 valence electrons. The molecule has 0 fully saturated rings. The lowest BCUT2D eigenvalue weighted by molar-refractivity contribution is 0.0230. The Hall–Kier alpha value is -1.23. The summed E-state index contributed by atoms with van der Waals surface area (Å²) in [5.41, 5.74) is 2.14. The van der Waals surface area contributed by atoms with Crippen LogP contribution in [-0.2, 0) is 4.74 Å². The summed E-state index contributed by atoms with van der Waals surface area (Å²) in [6.45, 7) is 5.21. The van der Waals surface area contributed by atoms with Gasteiger partial charge in [0.1, 0.15) is 5.82 Å². The second kappa shape index (κ2) is 7.53. The fraction of sp³-hybridized carbons (Fsp3) is 0.500. The molecule has 2 rings (SSSR count). The monoisotopic (exact) mass is 279 g/mol. The van der Waals surface area contributed by atoms with Crippen LogP contribution < -0.4 is 0 Å². The Morgan fingerprint density at radius 2 is 2.30 bits per heavy atom. The van der Waals surface area contributed by atoms with Crippen LogP contribution in [0.15, 0.2) is 30.3 Å². The Morgan fingerprint density at radius 1 is 1.45 bits per heavy atom. The number of hydrogen-bond acceptors (Lipinski definition) is 3. The van der Waals surface area contributed by atoms with Crippen molar-refractivity contribution in [2.24, 2.45) is 0 Å². The van der Waals surface area contributed by atoms with Crippen LogP contribution in [0, 0.1) is 5.82 Å². The largest absolute Gasteiger partial charge is 0.389 e. The van der Waals surface area contributed by atoms with E-state index in [1.54, 1.807) is 12.1 Å². The molecule has 1 aliphatic heterocycles. The van der Waals surface area contributed by atoms with E-state index in [1.165, 1.54) is 11.6 Å². The number of hydrogen-bond donors (Lipinski definition) is 1. The Labute approximate surface area is 119 Å². The van der Waals surface area contributed by atoms with Crippen molar-refractivity contribution < 1.29 is 14.2 Å². The molecule has 0 unspecified atom stereocenters. The van der Waals surface area contributed by atoms with Crippen molar-refractivity contribution in [2.45, 2.75) is 19.4 Å². The quantitative estimate of drug-likeness (QED) is 0.867. The Balaban J connectivity index is 1.87. The molecule has 0 radical (unpaired) electrons. The van der Waals surface area contributed by atoms with Gasteiger partial charge in [-0.05, 0) is 36.6 Å². The fourth-order valence-electron chi connectivity index (χ4n) is 2.43. The molecule has 0 aliphatic carbocycles. The number of aliphatic hydroxyl groups excluding tert-OH is 1. The van der Waals surface area contributed by atoms with E-state index >= 15 is 0 Å². The molecule has 1 heterocycles. The first kappa shape index (κ1) is 15.2. The maximum Gasteiger partial charge on any atom is 0.123 e. The van der Waals surface area contributed by atoms with Gasteiger partial charge in [0.05, 0.1) is 12.7 Å². The maximum absolute atomic E-state index is 13.2. The average Bonchev–Trinajstić information content (AvgIpc) is 2.46. The van der Waals surface area contributed by atoms with Crippen molar-refractivity contribution in [3.05, 3.63) is 41.7 Å². The fourth-order valence-corrected chi connectivity index (χ4v) is 2.43. The first-order valence-electron chi connectivity index (χ1n) is 7.12. The molecule has 20 heavy (non-hydrogen) atoms. The molecule has 1 aliphatic rings. The number of ether oxygens (including phenoxy) is 1. The van der Waals surface area contributed by atoms with E-state index in [-0.39, 0.29) is 5.82 Å². The summed E-state index contributed by atoms with van der Waals surface area (Å²) in [5, 5.41) is 9.81. The van der Waals surface area contributed by atoms with Crippen LogP contribution in [0.1, 0.15) is 18.9 Å². The molecular formula is C16H22FNO2. The van der Waals surface area contributed by atoms with Gasteiger partial charge in [0.25, 0.3) is 0 Å². The lowest BCUT2D eigenvalue weighted by Gasteiger charge is -2.28. The lowest BCUT2D eigenvalue weighted by Crippen LogP contribution is -2.37. The molecular weight excluding hydrogens is 257 g/mol. The zero-order chi connectivity index (χ0) is 14.4. The summed E-state index contributed by atoms with van der Waals surface area (Å²) in [5.74, 6) is -0.196. The highest BCUT2D eigenvalue weighted by Crippen LogP contribution is 2.22. The third kappa shape index (κ3) is 4.40.